The molecule has 9 heteroatoms. The first kappa shape index (κ1) is 17.6. The van der Waals surface area contributed by atoms with Gasteiger partial charge in [-0.2, -0.15) is 13.2 Å². The van der Waals surface area contributed by atoms with Crippen LogP contribution in [0.5, 0.6) is 5.75 Å². The monoisotopic (exact) mass is 350 g/mol. The lowest BCUT2D eigenvalue weighted by Crippen LogP contribution is -2.16. The van der Waals surface area contributed by atoms with Crippen molar-refractivity contribution in [3.63, 3.8) is 0 Å². The Morgan fingerprint density at radius 3 is 1.88 bits per heavy atom. The van der Waals surface area contributed by atoms with Crippen LogP contribution in [0.15, 0.2) is 42.5 Å². The number of ether oxygens (including phenoxy) is 1. The smallest absolute Gasteiger partial charge is 0.478 e. The van der Waals surface area contributed by atoms with Gasteiger partial charge >= 0.3 is 18.5 Å². The molecule has 0 fully saturated rings. The minimum Gasteiger partial charge on any atom is -0.478 e. The number of benzene rings is 2. The van der Waals surface area contributed by atoms with Crippen LogP contribution < -0.4 is 4.74 Å². The third kappa shape index (κ3) is 4.18. The zero-order valence-corrected chi connectivity index (χ0v) is 11.6. The van der Waals surface area contributed by atoms with E-state index in [-0.39, 0.29) is 11.1 Å². The maximum Gasteiger partial charge on any atom is 0.573 e. The van der Waals surface area contributed by atoms with E-state index in [2.05, 4.69) is 4.74 Å². The van der Waals surface area contributed by atoms with Crippen molar-refractivity contribution < 1.29 is 41.0 Å². The Bertz CT molecular complexity index is 747. The summed E-state index contributed by atoms with van der Waals surface area (Å²) in [6.45, 7) is 0. The Kier molecular flexibility index (Phi) is 4.46. The quantitative estimate of drug-likeness (QED) is 0.795. The fraction of sp³-hybridized carbons (Fsp3) is 0.133. The zero-order chi connectivity index (χ0) is 18.1. The predicted octanol–water partition coefficient (Wildman–Crippen LogP) is 4.97. The largest absolute Gasteiger partial charge is 0.573 e. The van der Waals surface area contributed by atoms with Crippen LogP contribution in [0.3, 0.4) is 0 Å². The molecule has 0 heterocycles. The molecule has 0 saturated heterocycles. The number of carboxylic acids is 1. The summed E-state index contributed by atoms with van der Waals surface area (Å²) in [4.78, 5) is 11.0. The number of carboxylic acid groups (broad SMARTS) is 1. The van der Waals surface area contributed by atoms with Crippen LogP contribution in [0.2, 0.25) is 0 Å². The van der Waals surface area contributed by atoms with Crippen molar-refractivity contribution in [2.75, 3.05) is 0 Å². The van der Waals surface area contributed by atoms with Crippen LogP contribution >= 0.6 is 0 Å². The van der Waals surface area contributed by atoms with E-state index >= 15 is 0 Å². The molecule has 0 unspecified atom stereocenters. The van der Waals surface area contributed by atoms with Crippen LogP contribution in [0.4, 0.5) is 26.3 Å². The second kappa shape index (κ2) is 6.06. The van der Waals surface area contributed by atoms with Crippen molar-refractivity contribution in [1.29, 1.82) is 0 Å². The third-order valence-electron chi connectivity index (χ3n) is 2.98. The molecule has 128 valence electrons. The van der Waals surface area contributed by atoms with E-state index in [1.54, 1.807) is 0 Å². The second-order valence-corrected chi connectivity index (χ2v) is 4.64. The Hall–Kier alpha value is -2.71. The molecular weight excluding hydrogens is 342 g/mol. The lowest BCUT2D eigenvalue weighted by Gasteiger charge is -2.12. The third-order valence-corrected chi connectivity index (χ3v) is 2.98. The molecule has 0 aliphatic rings. The van der Waals surface area contributed by atoms with Crippen LogP contribution in [0, 0.1) is 0 Å². The molecule has 2 rings (SSSR count). The number of halogens is 6. The minimum atomic E-state index is -4.87. The number of aromatic carboxylic acids is 1. The molecule has 1 N–H and O–H groups in total. The van der Waals surface area contributed by atoms with Gasteiger partial charge in [0.05, 0.1) is 11.1 Å². The predicted molar refractivity (Wildman–Crippen MR) is 70.5 cm³/mol. The summed E-state index contributed by atoms with van der Waals surface area (Å²) < 4.78 is 78.2. The van der Waals surface area contributed by atoms with E-state index in [4.69, 9.17) is 5.11 Å². The number of carbonyl (C=O) groups is 1. The first-order chi connectivity index (χ1) is 11.0. The minimum absolute atomic E-state index is 0.110. The van der Waals surface area contributed by atoms with Gasteiger partial charge in [0, 0.05) is 0 Å². The molecule has 0 bridgehead atoms. The van der Waals surface area contributed by atoms with E-state index in [0.29, 0.717) is 6.07 Å². The summed E-state index contributed by atoms with van der Waals surface area (Å²) in [6.07, 6.45) is -9.71. The fourth-order valence-electron chi connectivity index (χ4n) is 2.00. The molecule has 24 heavy (non-hydrogen) atoms. The number of hydrogen-bond acceptors (Lipinski definition) is 2. The Balaban J connectivity index is 2.39. The molecule has 0 atom stereocenters. The highest BCUT2D eigenvalue weighted by atomic mass is 19.4. The van der Waals surface area contributed by atoms with Gasteiger partial charge in [-0.3, -0.25) is 0 Å². The molecule has 3 nitrogen and oxygen atoms in total. The van der Waals surface area contributed by atoms with E-state index in [9.17, 15) is 31.1 Å². The van der Waals surface area contributed by atoms with Crippen LogP contribution in [0.1, 0.15) is 15.9 Å². The highest BCUT2D eigenvalue weighted by Crippen LogP contribution is 2.35. The summed E-state index contributed by atoms with van der Waals surface area (Å²) in [5.41, 5.74) is -1.91. The molecule has 0 aliphatic carbocycles. The second-order valence-electron chi connectivity index (χ2n) is 4.64. The zero-order valence-electron chi connectivity index (χ0n) is 11.6. The van der Waals surface area contributed by atoms with Crippen molar-refractivity contribution in [3.8, 4) is 16.9 Å². The van der Waals surface area contributed by atoms with Crippen molar-refractivity contribution in [2.24, 2.45) is 0 Å². The fourth-order valence-corrected chi connectivity index (χ4v) is 2.00. The van der Waals surface area contributed by atoms with Gasteiger partial charge < -0.3 is 9.84 Å². The number of alkyl halides is 6. The molecule has 2 aromatic rings. The summed E-state index contributed by atoms with van der Waals surface area (Å²) in [7, 11) is 0. The van der Waals surface area contributed by atoms with Crippen molar-refractivity contribution in [1.82, 2.24) is 0 Å². The Labute approximate surface area is 131 Å². The number of hydrogen-bond donors (Lipinski definition) is 1. The summed E-state index contributed by atoms with van der Waals surface area (Å²) in [5, 5.41) is 8.93. The average Bonchev–Trinajstić information content (AvgIpc) is 2.44. The molecule has 0 amide bonds. The van der Waals surface area contributed by atoms with Crippen LogP contribution in [0.25, 0.3) is 11.1 Å². The molecule has 0 saturated carbocycles. The molecule has 2 aromatic carbocycles. The molecular formula is C15H8F6O3. The summed E-state index contributed by atoms with van der Waals surface area (Å²) in [5.74, 6) is -2.27. The van der Waals surface area contributed by atoms with Crippen molar-refractivity contribution in [3.05, 3.63) is 53.6 Å². The van der Waals surface area contributed by atoms with Crippen molar-refractivity contribution in [2.45, 2.75) is 12.5 Å². The van der Waals surface area contributed by atoms with Gasteiger partial charge in [-0.1, -0.05) is 18.2 Å². The van der Waals surface area contributed by atoms with Gasteiger partial charge in [-0.15, -0.1) is 13.2 Å². The maximum absolute atomic E-state index is 12.8. The lowest BCUT2D eigenvalue weighted by molar-refractivity contribution is -0.274. The Morgan fingerprint density at radius 2 is 1.42 bits per heavy atom. The van der Waals surface area contributed by atoms with Gasteiger partial charge in [0.1, 0.15) is 5.75 Å². The van der Waals surface area contributed by atoms with Crippen LogP contribution in [-0.2, 0) is 6.18 Å². The number of rotatable bonds is 3. The standard InChI is InChI=1S/C15H8F6O3/c16-14(17,18)12-6-3-9(7-11(12)13(22)23)8-1-4-10(5-2-8)24-15(19,20)21/h1-7H,(H,22,23). The normalized spacial score (nSPS) is 12.1. The van der Waals surface area contributed by atoms with Crippen molar-refractivity contribution >= 4 is 5.97 Å². The highest BCUT2D eigenvalue weighted by Gasteiger charge is 2.35. The highest BCUT2D eigenvalue weighted by molar-refractivity contribution is 5.91. The first-order valence-electron chi connectivity index (χ1n) is 6.28. The summed E-state index contributed by atoms with van der Waals surface area (Å²) >= 11 is 0. The first-order valence-corrected chi connectivity index (χ1v) is 6.28. The van der Waals surface area contributed by atoms with E-state index in [0.717, 1.165) is 24.3 Å². The molecule has 0 aromatic heterocycles. The average molecular weight is 350 g/mol. The molecule has 0 radical (unpaired) electrons. The van der Waals surface area contributed by atoms with E-state index in [1.165, 1.54) is 12.1 Å². The molecule has 0 aliphatic heterocycles. The van der Waals surface area contributed by atoms with Gasteiger partial charge in [-0.25, -0.2) is 4.79 Å². The molecule has 0 spiro atoms. The van der Waals surface area contributed by atoms with Gasteiger partial charge in [-0.05, 0) is 35.4 Å². The lowest BCUT2D eigenvalue weighted by atomic mass is 9.99. The Morgan fingerprint density at radius 1 is 0.875 bits per heavy atom. The SMILES string of the molecule is O=C(O)c1cc(-c2ccc(OC(F)(F)F)cc2)ccc1C(F)(F)F. The maximum atomic E-state index is 12.8. The van der Waals surface area contributed by atoms with Crippen LogP contribution in [-0.4, -0.2) is 17.4 Å². The topological polar surface area (TPSA) is 46.5 Å². The van der Waals surface area contributed by atoms with Gasteiger partial charge in [0.25, 0.3) is 0 Å². The van der Waals surface area contributed by atoms with Gasteiger partial charge in [0.15, 0.2) is 0 Å². The van der Waals surface area contributed by atoms with E-state index < -0.39 is 35.4 Å². The van der Waals surface area contributed by atoms with E-state index in [1.807, 2.05) is 0 Å². The van der Waals surface area contributed by atoms with Gasteiger partial charge in [0.2, 0.25) is 0 Å². The summed E-state index contributed by atoms with van der Waals surface area (Å²) in [6, 6.07) is 6.76.